The van der Waals surface area contributed by atoms with Crippen molar-refractivity contribution in [3.05, 3.63) is 24.6 Å². The lowest BCUT2D eigenvalue weighted by atomic mass is 10.3. The monoisotopic (exact) mass is 181 g/mol. The van der Waals surface area contributed by atoms with Crippen LogP contribution < -0.4 is 4.74 Å². The summed E-state index contributed by atoms with van der Waals surface area (Å²) in [5.41, 5.74) is 0. The Kier molecular flexibility index (Phi) is 2.74. The largest absolute Gasteiger partial charge is 0.508 e. The lowest BCUT2D eigenvalue weighted by Crippen LogP contribution is -2.05. The Morgan fingerprint density at radius 3 is 2.31 bits per heavy atom. The minimum Gasteiger partial charge on any atom is -0.508 e. The number of phenols is 2. The van der Waals surface area contributed by atoms with Gasteiger partial charge in [-0.25, -0.2) is 0 Å². The van der Waals surface area contributed by atoms with Crippen LogP contribution in [0.15, 0.2) is 18.2 Å². The van der Waals surface area contributed by atoms with Gasteiger partial charge >= 0.3 is 5.97 Å². The van der Waals surface area contributed by atoms with Crippen molar-refractivity contribution in [1.82, 2.24) is 0 Å². The molecule has 13 heavy (non-hydrogen) atoms. The first-order valence-corrected chi connectivity index (χ1v) is 3.66. The van der Waals surface area contributed by atoms with Crippen LogP contribution in [0.4, 0.5) is 0 Å². The number of hydrogen-bond acceptors (Lipinski definition) is 4. The van der Waals surface area contributed by atoms with E-state index in [1.54, 1.807) is 0 Å². The maximum atomic E-state index is 10.8. The van der Waals surface area contributed by atoms with E-state index in [1.807, 2.05) is 0 Å². The first kappa shape index (κ1) is 9.38. The average Bonchev–Trinajstić information content (AvgIpc) is 2.02. The number of esters is 1. The van der Waals surface area contributed by atoms with Gasteiger partial charge < -0.3 is 14.9 Å². The quantitative estimate of drug-likeness (QED) is 0.532. The lowest BCUT2D eigenvalue weighted by Gasteiger charge is -2.03. The van der Waals surface area contributed by atoms with E-state index >= 15 is 0 Å². The summed E-state index contributed by atoms with van der Waals surface area (Å²) in [7, 11) is 0. The molecule has 0 aliphatic carbocycles. The molecule has 0 fully saturated rings. The van der Waals surface area contributed by atoms with Crippen molar-refractivity contribution in [3.63, 3.8) is 0 Å². The number of carbonyl (C=O) groups is 1. The Balaban J connectivity index is 2.83. The van der Waals surface area contributed by atoms with Gasteiger partial charge in [-0.2, -0.15) is 0 Å². The molecular weight excluding hydrogens is 172 g/mol. The van der Waals surface area contributed by atoms with Gasteiger partial charge in [-0.05, 0) is 0 Å². The van der Waals surface area contributed by atoms with Crippen LogP contribution in [0.3, 0.4) is 0 Å². The molecule has 2 N–H and O–H groups in total. The van der Waals surface area contributed by atoms with E-state index in [0.29, 0.717) is 0 Å². The standard InChI is InChI=1S/C9H9O4/c1-2-9(12)13-8-4-6(10)3-7(11)5-8/h2-5,10-11H,1H3. The normalized spacial score (nSPS) is 9.62. The van der Waals surface area contributed by atoms with Gasteiger partial charge in [-0.3, -0.25) is 4.79 Å². The summed E-state index contributed by atoms with van der Waals surface area (Å²) in [6.07, 6.45) is 1.24. The fourth-order valence-corrected chi connectivity index (χ4v) is 0.802. The van der Waals surface area contributed by atoms with Gasteiger partial charge in [-0.1, -0.05) is 6.92 Å². The molecule has 0 aliphatic rings. The molecule has 0 heterocycles. The van der Waals surface area contributed by atoms with E-state index in [9.17, 15) is 4.79 Å². The Morgan fingerprint density at radius 2 is 1.85 bits per heavy atom. The maximum Gasteiger partial charge on any atom is 0.314 e. The number of benzene rings is 1. The molecule has 0 aromatic heterocycles. The highest BCUT2D eigenvalue weighted by Gasteiger charge is 2.04. The highest BCUT2D eigenvalue weighted by atomic mass is 16.5. The molecule has 4 nitrogen and oxygen atoms in total. The van der Waals surface area contributed by atoms with Gasteiger partial charge in [0.05, 0.1) is 6.42 Å². The molecule has 0 saturated carbocycles. The Hall–Kier alpha value is -1.71. The zero-order valence-electron chi connectivity index (χ0n) is 7.02. The third-order valence-corrected chi connectivity index (χ3v) is 1.33. The molecule has 1 aromatic rings. The number of ether oxygens (including phenoxy) is 1. The molecule has 69 valence electrons. The first-order valence-electron chi connectivity index (χ1n) is 3.66. The van der Waals surface area contributed by atoms with Gasteiger partial charge in [0, 0.05) is 18.2 Å². The van der Waals surface area contributed by atoms with Crippen LogP contribution in [0.1, 0.15) is 6.92 Å². The van der Waals surface area contributed by atoms with Gasteiger partial charge in [0.1, 0.15) is 17.2 Å². The van der Waals surface area contributed by atoms with Crippen LogP contribution >= 0.6 is 0 Å². The Morgan fingerprint density at radius 1 is 1.31 bits per heavy atom. The van der Waals surface area contributed by atoms with Crippen molar-refractivity contribution in [2.45, 2.75) is 6.92 Å². The van der Waals surface area contributed by atoms with Crippen LogP contribution in [-0.2, 0) is 4.79 Å². The fourth-order valence-electron chi connectivity index (χ4n) is 0.802. The molecule has 0 saturated heterocycles. The summed E-state index contributed by atoms with van der Waals surface area (Å²) < 4.78 is 4.71. The third kappa shape index (κ3) is 2.66. The van der Waals surface area contributed by atoms with Crippen molar-refractivity contribution < 1.29 is 19.7 Å². The smallest absolute Gasteiger partial charge is 0.314 e. The molecule has 1 aromatic carbocycles. The van der Waals surface area contributed by atoms with E-state index in [4.69, 9.17) is 14.9 Å². The first-order chi connectivity index (χ1) is 6.11. The summed E-state index contributed by atoms with van der Waals surface area (Å²) in [6.45, 7) is 1.53. The van der Waals surface area contributed by atoms with Crippen LogP contribution in [-0.4, -0.2) is 16.2 Å². The summed E-state index contributed by atoms with van der Waals surface area (Å²) in [5.74, 6) is -0.733. The van der Waals surface area contributed by atoms with E-state index < -0.39 is 5.97 Å². The van der Waals surface area contributed by atoms with Crippen molar-refractivity contribution in [2.24, 2.45) is 0 Å². The van der Waals surface area contributed by atoms with Crippen LogP contribution in [0.5, 0.6) is 17.2 Å². The molecule has 0 bridgehead atoms. The van der Waals surface area contributed by atoms with Gasteiger partial charge in [-0.15, -0.1) is 0 Å². The number of hydrogen-bond donors (Lipinski definition) is 2. The molecule has 0 spiro atoms. The minimum atomic E-state index is -0.537. The van der Waals surface area contributed by atoms with Gasteiger partial charge in [0.25, 0.3) is 0 Å². The molecule has 0 atom stereocenters. The molecule has 0 unspecified atom stereocenters. The second kappa shape index (κ2) is 3.80. The molecule has 0 amide bonds. The summed E-state index contributed by atoms with van der Waals surface area (Å²) in [6, 6.07) is 3.62. The van der Waals surface area contributed by atoms with Crippen LogP contribution in [0, 0.1) is 6.42 Å². The van der Waals surface area contributed by atoms with Crippen molar-refractivity contribution in [1.29, 1.82) is 0 Å². The molecule has 1 rings (SSSR count). The Labute approximate surface area is 75.4 Å². The van der Waals surface area contributed by atoms with Crippen LogP contribution in [0.25, 0.3) is 0 Å². The van der Waals surface area contributed by atoms with Gasteiger partial charge in [0.2, 0.25) is 0 Å². The summed E-state index contributed by atoms with van der Waals surface area (Å²) in [5, 5.41) is 18.0. The van der Waals surface area contributed by atoms with E-state index in [-0.39, 0.29) is 17.2 Å². The van der Waals surface area contributed by atoms with Crippen molar-refractivity contribution in [2.75, 3.05) is 0 Å². The maximum absolute atomic E-state index is 10.8. The third-order valence-electron chi connectivity index (χ3n) is 1.33. The van der Waals surface area contributed by atoms with Crippen molar-refractivity contribution >= 4 is 5.97 Å². The van der Waals surface area contributed by atoms with E-state index in [0.717, 1.165) is 6.07 Å². The SMILES string of the molecule is C[CH]C(=O)Oc1cc(O)cc(O)c1. The predicted molar refractivity (Wildman–Crippen MR) is 45.4 cm³/mol. The van der Waals surface area contributed by atoms with E-state index in [1.165, 1.54) is 25.5 Å². The number of carbonyl (C=O) groups excluding carboxylic acids is 1. The predicted octanol–water partition coefficient (Wildman–Crippen LogP) is 1.23. The second-order valence-corrected chi connectivity index (χ2v) is 2.39. The molecule has 0 aliphatic heterocycles. The summed E-state index contributed by atoms with van der Waals surface area (Å²) in [4.78, 5) is 10.8. The highest BCUT2D eigenvalue weighted by molar-refractivity contribution is 5.80. The fraction of sp³-hybridized carbons (Fsp3) is 0.111. The topological polar surface area (TPSA) is 66.8 Å². The van der Waals surface area contributed by atoms with E-state index in [2.05, 4.69) is 0 Å². The summed E-state index contributed by atoms with van der Waals surface area (Å²) >= 11 is 0. The zero-order chi connectivity index (χ0) is 9.84. The minimum absolute atomic E-state index is 0.112. The second-order valence-electron chi connectivity index (χ2n) is 2.39. The number of rotatable bonds is 2. The highest BCUT2D eigenvalue weighted by Crippen LogP contribution is 2.25. The number of phenolic OH excluding ortho intramolecular Hbond substituents is 2. The van der Waals surface area contributed by atoms with Gasteiger partial charge in [0.15, 0.2) is 0 Å². The molecule has 1 radical (unpaired) electrons. The lowest BCUT2D eigenvalue weighted by molar-refractivity contribution is -0.130. The zero-order valence-corrected chi connectivity index (χ0v) is 7.02. The Bertz CT molecular complexity index is 299. The number of aromatic hydroxyl groups is 2. The molecule has 4 heteroatoms. The molecular formula is C9H9O4. The van der Waals surface area contributed by atoms with Crippen LogP contribution in [0.2, 0.25) is 0 Å². The van der Waals surface area contributed by atoms with Crippen molar-refractivity contribution in [3.8, 4) is 17.2 Å². The average molecular weight is 181 g/mol.